The van der Waals surface area contributed by atoms with E-state index in [0.29, 0.717) is 5.92 Å². The number of rotatable bonds is 5. The van der Waals surface area contributed by atoms with E-state index in [1.807, 2.05) is 13.8 Å². The highest BCUT2D eigenvalue weighted by Crippen LogP contribution is 2.17. The van der Waals surface area contributed by atoms with E-state index >= 15 is 0 Å². The normalized spacial score (nSPS) is 19.3. The molecule has 1 atom stereocenters. The molecular weight excluding hydrogens is 252 g/mol. The molecule has 2 rings (SSSR count). The number of hydrogen-bond acceptors (Lipinski definition) is 4. The first-order valence-corrected chi connectivity index (χ1v) is 7.67. The van der Waals surface area contributed by atoms with Crippen molar-refractivity contribution < 1.29 is 0 Å². The van der Waals surface area contributed by atoms with Gasteiger partial charge < -0.3 is 15.2 Å². The Labute approximate surface area is 120 Å². The molecule has 20 heavy (non-hydrogen) atoms. The van der Waals surface area contributed by atoms with Crippen LogP contribution in [0, 0.1) is 5.92 Å². The van der Waals surface area contributed by atoms with Crippen LogP contribution >= 0.6 is 0 Å². The van der Waals surface area contributed by atoms with Gasteiger partial charge in [0.2, 0.25) is 0 Å². The number of H-pyrrole nitrogens is 1. The standard InChI is InChI=1S/C15H26N4O/c1-4-19(10-12-6-5-7-16-9-12)13-8-14(20)18-15(17-13)11(2)3/h8,11-12,16H,4-7,9-10H2,1-3H3,(H,17,18,20). The van der Waals surface area contributed by atoms with Crippen LogP contribution in [0.2, 0.25) is 0 Å². The van der Waals surface area contributed by atoms with E-state index in [1.54, 1.807) is 6.07 Å². The fraction of sp³-hybridized carbons (Fsp3) is 0.733. The number of hydrogen-bond donors (Lipinski definition) is 2. The maximum absolute atomic E-state index is 11.8. The molecular formula is C15H26N4O. The summed E-state index contributed by atoms with van der Waals surface area (Å²) in [4.78, 5) is 21.5. The Morgan fingerprint density at radius 3 is 2.90 bits per heavy atom. The Morgan fingerprint density at radius 2 is 2.30 bits per heavy atom. The number of aromatic amines is 1. The lowest BCUT2D eigenvalue weighted by atomic mass is 9.99. The first-order chi connectivity index (χ1) is 9.60. The summed E-state index contributed by atoms with van der Waals surface area (Å²) in [7, 11) is 0. The van der Waals surface area contributed by atoms with E-state index in [4.69, 9.17) is 0 Å². The van der Waals surface area contributed by atoms with Gasteiger partial charge in [-0.2, -0.15) is 0 Å². The van der Waals surface area contributed by atoms with Gasteiger partial charge in [0.15, 0.2) is 0 Å². The molecule has 1 fully saturated rings. The van der Waals surface area contributed by atoms with Gasteiger partial charge in [-0.1, -0.05) is 13.8 Å². The van der Waals surface area contributed by atoms with Gasteiger partial charge in [0.05, 0.1) is 0 Å². The van der Waals surface area contributed by atoms with Crippen LogP contribution < -0.4 is 15.8 Å². The van der Waals surface area contributed by atoms with Gasteiger partial charge in [0.1, 0.15) is 11.6 Å². The second-order valence-electron chi connectivity index (χ2n) is 5.89. The highest BCUT2D eigenvalue weighted by atomic mass is 16.1. The lowest BCUT2D eigenvalue weighted by Gasteiger charge is -2.30. The fourth-order valence-corrected chi connectivity index (χ4v) is 2.67. The summed E-state index contributed by atoms with van der Waals surface area (Å²) in [5, 5.41) is 3.44. The average molecular weight is 278 g/mol. The minimum Gasteiger partial charge on any atom is -0.356 e. The summed E-state index contributed by atoms with van der Waals surface area (Å²) in [5.74, 6) is 2.46. The number of aromatic nitrogens is 2. The Balaban J connectivity index is 2.15. The molecule has 1 aromatic heterocycles. The SMILES string of the molecule is CCN(CC1CCCNC1)c1cc(=O)[nH]c(C(C)C)n1. The molecule has 0 radical (unpaired) electrons. The van der Waals surface area contributed by atoms with Crippen molar-refractivity contribution in [1.29, 1.82) is 0 Å². The molecule has 5 nitrogen and oxygen atoms in total. The Morgan fingerprint density at radius 1 is 1.50 bits per heavy atom. The molecule has 1 aliphatic heterocycles. The van der Waals surface area contributed by atoms with Crippen LogP contribution in [0.4, 0.5) is 5.82 Å². The molecule has 0 aromatic carbocycles. The van der Waals surface area contributed by atoms with E-state index in [2.05, 4.69) is 27.1 Å². The summed E-state index contributed by atoms with van der Waals surface area (Å²) in [6, 6.07) is 1.62. The maximum atomic E-state index is 11.8. The van der Waals surface area contributed by atoms with E-state index in [9.17, 15) is 4.79 Å². The molecule has 1 saturated heterocycles. The number of nitrogens with one attached hydrogen (secondary N) is 2. The Bertz CT molecular complexity index is 477. The summed E-state index contributed by atoms with van der Waals surface area (Å²) in [5.41, 5.74) is -0.0566. The van der Waals surface area contributed by atoms with Crippen LogP contribution in [0.15, 0.2) is 10.9 Å². The van der Waals surface area contributed by atoms with Crippen molar-refractivity contribution in [3.63, 3.8) is 0 Å². The largest absolute Gasteiger partial charge is 0.356 e. The molecule has 1 aliphatic rings. The third-order valence-corrected chi connectivity index (χ3v) is 3.88. The quantitative estimate of drug-likeness (QED) is 0.861. The highest BCUT2D eigenvalue weighted by Gasteiger charge is 2.18. The number of piperidine rings is 1. The maximum Gasteiger partial charge on any atom is 0.252 e. The Kier molecular flexibility index (Phi) is 5.17. The highest BCUT2D eigenvalue weighted by molar-refractivity contribution is 5.37. The van der Waals surface area contributed by atoms with Gasteiger partial charge in [-0.25, -0.2) is 4.98 Å². The van der Waals surface area contributed by atoms with Crippen LogP contribution in [0.1, 0.15) is 45.4 Å². The lowest BCUT2D eigenvalue weighted by molar-refractivity contribution is 0.377. The molecule has 1 unspecified atom stereocenters. The summed E-state index contributed by atoms with van der Waals surface area (Å²) < 4.78 is 0. The van der Waals surface area contributed by atoms with Gasteiger partial charge in [-0.3, -0.25) is 4.79 Å². The van der Waals surface area contributed by atoms with Crippen LogP contribution in [0.25, 0.3) is 0 Å². The molecule has 1 aromatic rings. The zero-order chi connectivity index (χ0) is 14.5. The van der Waals surface area contributed by atoms with Crippen molar-refractivity contribution in [3.05, 3.63) is 22.2 Å². The van der Waals surface area contributed by atoms with Gasteiger partial charge in [0, 0.05) is 25.1 Å². The van der Waals surface area contributed by atoms with Crippen molar-refractivity contribution in [2.75, 3.05) is 31.1 Å². The number of nitrogens with zero attached hydrogens (tertiary/aromatic N) is 2. The molecule has 2 N–H and O–H groups in total. The monoisotopic (exact) mass is 278 g/mol. The summed E-state index contributed by atoms with van der Waals surface area (Å²) >= 11 is 0. The zero-order valence-electron chi connectivity index (χ0n) is 12.8. The van der Waals surface area contributed by atoms with Crippen molar-refractivity contribution in [2.45, 2.75) is 39.5 Å². The van der Waals surface area contributed by atoms with E-state index in [-0.39, 0.29) is 11.5 Å². The molecule has 0 amide bonds. The fourth-order valence-electron chi connectivity index (χ4n) is 2.67. The summed E-state index contributed by atoms with van der Waals surface area (Å²) in [6.45, 7) is 10.3. The molecule has 5 heteroatoms. The van der Waals surface area contributed by atoms with Gasteiger partial charge in [-0.05, 0) is 38.8 Å². The minimum atomic E-state index is -0.0566. The van der Waals surface area contributed by atoms with Crippen LogP contribution in [-0.4, -0.2) is 36.1 Å². The smallest absolute Gasteiger partial charge is 0.252 e. The molecule has 0 saturated carbocycles. The molecule has 0 bridgehead atoms. The lowest BCUT2D eigenvalue weighted by Crippen LogP contribution is -2.39. The second kappa shape index (κ2) is 6.88. The van der Waals surface area contributed by atoms with E-state index < -0.39 is 0 Å². The van der Waals surface area contributed by atoms with Crippen molar-refractivity contribution in [2.24, 2.45) is 5.92 Å². The van der Waals surface area contributed by atoms with Gasteiger partial charge in [0.25, 0.3) is 5.56 Å². The minimum absolute atomic E-state index is 0.0566. The third-order valence-electron chi connectivity index (χ3n) is 3.88. The molecule has 2 heterocycles. The predicted molar refractivity (Wildman–Crippen MR) is 82.4 cm³/mol. The first kappa shape index (κ1) is 15.0. The van der Waals surface area contributed by atoms with E-state index in [0.717, 1.165) is 37.8 Å². The van der Waals surface area contributed by atoms with Gasteiger partial charge >= 0.3 is 0 Å². The second-order valence-corrected chi connectivity index (χ2v) is 5.89. The van der Waals surface area contributed by atoms with Crippen molar-refractivity contribution in [1.82, 2.24) is 15.3 Å². The number of anilines is 1. The zero-order valence-corrected chi connectivity index (χ0v) is 12.8. The molecule has 0 spiro atoms. The topological polar surface area (TPSA) is 61.0 Å². The first-order valence-electron chi connectivity index (χ1n) is 7.67. The van der Waals surface area contributed by atoms with Crippen LogP contribution in [0.3, 0.4) is 0 Å². The summed E-state index contributed by atoms with van der Waals surface area (Å²) in [6.07, 6.45) is 2.49. The van der Waals surface area contributed by atoms with E-state index in [1.165, 1.54) is 12.8 Å². The molecule has 0 aliphatic carbocycles. The van der Waals surface area contributed by atoms with Crippen LogP contribution in [-0.2, 0) is 0 Å². The van der Waals surface area contributed by atoms with Crippen molar-refractivity contribution >= 4 is 5.82 Å². The van der Waals surface area contributed by atoms with Gasteiger partial charge in [-0.15, -0.1) is 0 Å². The Hall–Kier alpha value is -1.36. The third kappa shape index (κ3) is 3.82. The van der Waals surface area contributed by atoms with Crippen molar-refractivity contribution in [3.8, 4) is 0 Å². The predicted octanol–water partition coefficient (Wildman–Crippen LogP) is 1.72. The van der Waals surface area contributed by atoms with Crippen LogP contribution in [0.5, 0.6) is 0 Å². The average Bonchev–Trinajstić information content (AvgIpc) is 2.45. The molecule has 112 valence electrons.